The summed E-state index contributed by atoms with van der Waals surface area (Å²) in [6.07, 6.45) is -1.86. The molecule has 0 saturated carbocycles. The molecule has 34 nitrogen and oxygen atoms in total. The summed E-state index contributed by atoms with van der Waals surface area (Å²) in [4.78, 5) is 97.8. The van der Waals surface area contributed by atoms with Gasteiger partial charge >= 0.3 is 85.9 Å². The third-order valence-electron chi connectivity index (χ3n) is 10.9. The summed E-state index contributed by atoms with van der Waals surface area (Å²) in [6, 6.07) is 0. The van der Waals surface area contributed by atoms with Gasteiger partial charge in [0.15, 0.2) is 95.6 Å². The van der Waals surface area contributed by atoms with Gasteiger partial charge in [-0.1, -0.05) is 66.7 Å². The third-order valence-corrected chi connectivity index (χ3v) is 15.1. The van der Waals surface area contributed by atoms with Crippen LogP contribution in [0.2, 0.25) is 0 Å². The maximum atomic E-state index is 13.6. The van der Waals surface area contributed by atoms with E-state index in [9.17, 15) is 183 Å². The summed E-state index contributed by atoms with van der Waals surface area (Å²) in [7, 11) is -29.8. The molecule has 110 heavy (non-hydrogen) atoms. The topological polar surface area (TPSA) is 532 Å². The molecule has 0 N–H and O–H groups in total. The van der Waals surface area contributed by atoms with E-state index < -0.39 is 224 Å². The fourth-order valence-electron chi connectivity index (χ4n) is 5.16. The second-order valence-corrected chi connectivity index (χ2v) is 27.4. The fourth-order valence-corrected chi connectivity index (χ4v) is 6.17. The Bertz CT molecular complexity index is 3730. The number of hydrogen-bond donors (Lipinski definition) is 0. The predicted molar refractivity (Wildman–Crippen MR) is 324 cm³/mol. The summed E-state index contributed by atoms with van der Waals surface area (Å²) in [5, 5.41) is -23.9. The summed E-state index contributed by atoms with van der Waals surface area (Å²) in [5.41, 5.74) is 0. The Morgan fingerprint density at radius 3 is 0.791 bits per heavy atom. The smallest absolute Gasteiger partial charge is 0.381 e. The van der Waals surface area contributed by atoms with Gasteiger partial charge in [0, 0.05) is 25.7 Å². The van der Waals surface area contributed by atoms with Crippen molar-refractivity contribution < 1.29 is 230 Å². The van der Waals surface area contributed by atoms with Crippen LogP contribution in [0.15, 0.2) is 74.4 Å². The van der Waals surface area contributed by atoms with E-state index in [2.05, 4.69) is 82.1 Å². The number of allylic oxidation sites excluding steroid dienone is 1. The van der Waals surface area contributed by atoms with E-state index in [1.807, 2.05) is 0 Å². The standard InChI is InChI=1S/C12H17F3O7S.C12H17F3O6S.C10H11F5O7S.C10H13F3O7S.C9H11F3O7S.CH4/c1-9(13)11(17)21-7-5-3-2-4-6-10(16)22-8-12(14,15)23(18,19)20;1-9(13)10(2)20-7-5-3-4-6-11(16)21-8-12(14,15)22(17,18)19;1-3-6(22-7(16)5(2)11)10(14,15)8(17)21-4-9(12,13)23(18,19)20;1-7(11)9(15)19-5-3-2-4-8(14)20-6-10(12,13)21(16,17)18;1-6(10)8(14)18-4-2-3-7(13)19-5-9(11,12)20(15,16)17;/h1-8H2,(H,18,19,20);1-8H2,(H,17,18,19);6H,2-4H2,1H3,(H,18,19,20);1-6H2,(H,16,17,18);1-5H2,(H,15,16,17);1H4/p-5. The van der Waals surface area contributed by atoms with Crippen LogP contribution in [-0.2, 0) is 141 Å². The second-order valence-electron chi connectivity index (χ2n) is 19.8. The fraction of sp³-hybridized carbons (Fsp3) is 0.611. The van der Waals surface area contributed by atoms with E-state index in [0.717, 1.165) is 6.92 Å². The van der Waals surface area contributed by atoms with E-state index in [1.54, 1.807) is 0 Å². The van der Waals surface area contributed by atoms with E-state index in [4.69, 9.17) is 4.74 Å². The number of hydrogen-bond acceptors (Lipinski definition) is 34. The molecule has 56 heteroatoms. The van der Waals surface area contributed by atoms with Gasteiger partial charge in [-0.3, -0.25) is 19.2 Å². The van der Waals surface area contributed by atoms with Gasteiger partial charge in [-0.25, -0.2) is 70.5 Å². The van der Waals surface area contributed by atoms with Gasteiger partial charge in [0.2, 0.25) is 23.3 Å². The predicted octanol–water partition coefficient (Wildman–Crippen LogP) is 6.97. The molecule has 0 amide bonds. The van der Waals surface area contributed by atoms with Crippen LogP contribution in [0.1, 0.15) is 111 Å². The third kappa shape index (κ3) is 50.6. The van der Waals surface area contributed by atoms with Crippen LogP contribution in [-0.4, -0.2) is 216 Å². The molecule has 0 spiro atoms. The zero-order valence-corrected chi connectivity index (χ0v) is 59.7. The van der Waals surface area contributed by atoms with Crippen molar-refractivity contribution in [2.45, 2.75) is 149 Å². The Kier molecular flexibility index (Phi) is 52.7. The minimum absolute atomic E-state index is 0. The van der Waals surface area contributed by atoms with Gasteiger partial charge in [-0.05, 0) is 57.8 Å². The monoisotopic (exact) mass is 1740 g/mol. The molecule has 1 atom stereocenters. The minimum Gasteiger partial charge on any atom is -0.743 e. The Hall–Kier alpha value is -8.17. The molecule has 0 aliphatic carbocycles. The molecule has 1 unspecified atom stereocenters. The van der Waals surface area contributed by atoms with Crippen molar-refractivity contribution >= 4 is 104 Å². The molecule has 0 heterocycles. The Balaban J connectivity index is -0.000000307. The highest BCUT2D eigenvalue weighted by Crippen LogP contribution is 2.30. The first-order chi connectivity index (χ1) is 49.0. The first-order valence-corrected chi connectivity index (χ1v) is 35.7. The van der Waals surface area contributed by atoms with E-state index >= 15 is 0 Å². The number of rotatable bonds is 47. The molecule has 0 aliphatic rings. The molecule has 0 aromatic rings. The van der Waals surface area contributed by atoms with Crippen molar-refractivity contribution in [3.05, 3.63) is 74.4 Å². The number of ether oxygens (including phenoxy) is 10. The molecule has 0 radical (unpaired) electrons. The summed E-state index contributed by atoms with van der Waals surface area (Å²) in [5.74, 6) is -24.1. The van der Waals surface area contributed by atoms with Crippen molar-refractivity contribution in [1.82, 2.24) is 0 Å². The molecule has 0 aromatic heterocycles. The highest BCUT2D eigenvalue weighted by atomic mass is 32.2. The van der Waals surface area contributed by atoms with Crippen molar-refractivity contribution in [2.75, 3.05) is 59.5 Å². The summed E-state index contributed by atoms with van der Waals surface area (Å²) in [6.45, 7) is 7.39. The van der Waals surface area contributed by atoms with Crippen LogP contribution in [0.25, 0.3) is 0 Å². The first kappa shape index (κ1) is 113. The number of esters is 9. The zero-order chi connectivity index (χ0) is 86.8. The van der Waals surface area contributed by atoms with Crippen LogP contribution in [0.3, 0.4) is 0 Å². The van der Waals surface area contributed by atoms with Crippen molar-refractivity contribution in [3.63, 3.8) is 0 Å². The van der Waals surface area contributed by atoms with Gasteiger partial charge in [-0.15, -0.1) is 0 Å². The lowest BCUT2D eigenvalue weighted by Crippen LogP contribution is -2.46. The van der Waals surface area contributed by atoms with Crippen LogP contribution >= 0.6 is 0 Å². The first-order valence-electron chi connectivity index (χ1n) is 28.7. The number of halogens is 17. The Morgan fingerprint density at radius 2 is 0.536 bits per heavy atom. The highest BCUT2D eigenvalue weighted by molar-refractivity contribution is 7.87. The number of carbonyl (C=O) groups is 9. The van der Waals surface area contributed by atoms with E-state index in [-0.39, 0.29) is 84.4 Å². The Labute approximate surface area is 615 Å². The lowest BCUT2D eigenvalue weighted by atomic mass is 10.1. The van der Waals surface area contributed by atoms with Gasteiger partial charge < -0.3 is 70.1 Å². The van der Waals surface area contributed by atoms with Crippen molar-refractivity contribution in [2.24, 2.45) is 0 Å². The molecular formula is C54H68F17O34S5-5. The van der Waals surface area contributed by atoms with Crippen molar-refractivity contribution in [3.8, 4) is 0 Å². The number of alkyl halides is 12. The number of unbranched alkanes of at least 4 members (excludes halogenated alkanes) is 6. The largest absolute Gasteiger partial charge is 0.743 e. The maximum Gasteiger partial charge on any atom is 0.381 e. The molecule has 0 rings (SSSR count). The average molecular weight is 1740 g/mol. The lowest BCUT2D eigenvalue weighted by molar-refractivity contribution is -0.201. The van der Waals surface area contributed by atoms with E-state index in [1.165, 1.54) is 0 Å². The molecule has 0 bridgehead atoms. The van der Waals surface area contributed by atoms with Gasteiger partial charge in [0.1, 0.15) is 5.76 Å². The summed E-state index contributed by atoms with van der Waals surface area (Å²) < 4.78 is 408. The van der Waals surface area contributed by atoms with Crippen LogP contribution in [0.5, 0.6) is 0 Å². The van der Waals surface area contributed by atoms with Crippen LogP contribution < -0.4 is 0 Å². The lowest BCUT2D eigenvalue weighted by Gasteiger charge is -2.25. The maximum absolute atomic E-state index is 13.6. The molecule has 0 aliphatic heterocycles. The second kappa shape index (κ2) is 51.4. The normalized spacial score (nSPS) is 12.2. The Morgan fingerprint density at radius 1 is 0.318 bits per heavy atom. The highest BCUT2D eigenvalue weighted by Gasteiger charge is 2.53. The molecule has 0 saturated heterocycles. The minimum atomic E-state index is -6.25. The molecular weight excluding hydrogens is 1680 g/mol. The molecule has 642 valence electrons. The van der Waals surface area contributed by atoms with E-state index in [0.29, 0.717) is 32.1 Å². The SMILES string of the molecule is C.C=C(F)C(=C)OCCCCCC(=O)OCC(F)(F)S(=O)(=O)[O-].C=C(F)C(=O)OC(CC)C(F)(F)C(=O)OCC(F)(F)S(=O)(=O)[O-].C=C(F)C(=O)OCCCC(=O)OCC(F)(F)S(=O)(=O)[O-].C=C(F)C(=O)OCCCCC(=O)OCC(F)(F)S(=O)(=O)[O-].C=C(F)C(=O)OCCCCCCC(=O)OCC(F)(F)S(=O)(=O)[O-]. The zero-order valence-electron chi connectivity index (χ0n) is 55.6. The van der Waals surface area contributed by atoms with Gasteiger partial charge in [0.25, 0.3) is 0 Å². The van der Waals surface area contributed by atoms with Crippen molar-refractivity contribution in [1.29, 1.82) is 0 Å². The average Bonchev–Trinajstić information content (AvgIpc) is 0.838. The van der Waals surface area contributed by atoms with Crippen LogP contribution in [0.4, 0.5) is 74.6 Å². The van der Waals surface area contributed by atoms with Gasteiger partial charge in [-0.2, -0.15) is 70.2 Å². The van der Waals surface area contributed by atoms with Gasteiger partial charge in [0.05, 0.1) is 26.4 Å². The number of carbonyl (C=O) groups excluding carboxylic acids is 9. The summed E-state index contributed by atoms with van der Waals surface area (Å²) >= 11 is 0. The quantitative estimate of drug-likeness (QED) is 0.00867. The van der Waals surface area contributed by atoms with Crippen LogP contribution in [0, 0.1) is 0 Å². The molecule has 0 aromatic carbocycles. The molecule has 0 fully saturated rings.